The first-order chi connectivity index (χ1) is 13.2. The lowest BCUT2D eigenvalue weighted by Crippen LogP contribution is -2.34. The zero-order valence-electron chi connectivity index (χ0n) is 14.9. The van der Waals surface area contributed by atoms with Crippen LogP contribution in [0.1, 0.15) is 36.6 Å². The van der Waals surface area contributed by atoms with Crippen molar-refractivity contribution in [2.45, 2.75) is 31.8 Å². The van der Waals surface area contributed by atoms with Gasteiger partial charge in [-0.15, -0.1) is 0 Å². The monoisotopic (exact) mass is 364 g/mol. The van der Waals surface area contributed by atoms with E-state index in [0.717, 1.165) is 42.6 Å². The first-order valence-corrected chi connectivity index (χ1v) is 9.19. The summed E-state index contributed by atoms with van der Waals surface area (Å²) in [5.41, 5.74) is 2.36. The summed E-state index contributed by atoms with van der Waals surface area (Å²) in [6.45, 7) is 1.54. The summed E-state index contributed by atoms with van der Waals surface area (Å²) in [6.07, 6.45) is 6.47. The van der Waals surface area contributed by atoms with Gasteiger partial charge in [0, 0.05) is 30.6 Å². The molecular weight excluding hydrogens is 343 g/mol. The molecule has 0 aliphatic carbocycles. The maximum atomic E-state index is 13.6. The number of aromatic nitrogens is 3. The van der Waals surface area contributed by atoms with Gasteiger partial charge in [0.2, 0.25) is 0 Å². The summed E-state index contributed by atoms with van der Waals surface area (Å²) < 4.78 is 13.6. The second-order valence-electron chi connectivity index (χ2n) is 6.87. The third-order valence-electron chi connectivity index (χ3n) is 4.95. The Balaban J connectivity index is 1.65. The Labute approximate surface area is 156 Å². The number of nitrogens with one attached hydrogen (secondary N) is 1. The van der Waals surface area contributed by atoms with Gasteiger partial charge in [-0.1, -0.05) is 18.6 Å². The van der Waals surface area contributed by atoms with Crippen molar-refractivity contribution in [3.8, 4) is 11.4 Å². The fourth-order valence-corrected chi connectivity index (χ4v) is 3.68. The molecule has 5 nitrogen and oxygen atoms in total. The van der Waals surface area contributed by atoms with Crippen molar-refractivity contribution in [3.05, 3.63) is 82.3 Å². The normalized spacial score (nSPS) is 17.7. The molecule has 0 spiro atoms. The zero-order chi connectivity index (χ0) is 18.6. The number of piperidine rings is 1. The van der Waals surface area contributed by atoms with Crippen LogP contribution in [0.25, 0.3) is 11.4 Å². The van der Waals surface area contributed by atoms with Crippen molar-refractivity contribution in [2.75, 3.05) is 6.54 Å². The number of hydrogen-bond acceptors (Lipinski definition) is 4. The third-order valence-corrected chi connectivity index (χ3v) is 4.95. The van der Waals surface area contributed by atoms with E-state index in [1.807, 2.05) is 18.2 Å². The van der Waals surface area contributed by atoms with Gasteiger partial charge in [0.15, 0.2) is 0 Å². The Morgan fingerprint density at radius 1 is 1.15 bits per heavy atom. The minimum absolute atomic E-state index is 0.0462. The lowest BCUT2D eigenvalue weighted by molar-refractivity contribution is 0.137. The summed E-state index contributed by atoms with van der Waals surface area (Å²) >= 11 is 0. The lowest BCUT2D eigenvalue weighted by Gasteiger charge is -2.35. The Morgan fingerprint density at radius 2 is 2.00 bits per heavy atom. The molecule has 1 fully saturated rings. The van der Waals surface area contributed by atoms with E-state index in [4.69, 9.17) is 4.98 Å². The van der Waals surface area contributed by atoms with Crippen molar-refractivity contribution in [1.29, 1.82) is 0 Å². The Bertz CT molecular complexity index is 973. The minimum Gasteiger partial charge on any atom is -0.307 e. The first-order valence-electron chi connectivity index (χ1n) is 9.19. The summed E-state index contributed by atoms with van der Waals surface area (Å²) in [5, 5.41) is 0. The molecule has 1 saturated heterocycles. The van der Waals surface area contributed by atoms with Crippen LogP contribution < -0.4 is 5.56 Å². The highest BCUT2D eigenvalue weighted by Crippen LogP contribution is 2.31. The molecule has 1 N–H and O–H groups in total. The van der Waals surface area contributed by atoms with E-state index in [9.17, 15) is 9.18 Å². The van der Waals surface area contributed by atoms with Crippen molar-refractivity contribution >= 4 is 0 Å². The van der Waals surface area contributed by atoms with Gasteiger partial charge in [0.05, 0.1) is 11.7 Å². The third kappa shape index (κ3) is 4.11. The summed E-state index contributed by atoms with van der Waals surface area (Å²) in [6, 6.07) is 12.0. The van der Waals surface area contributed by atoms with Crippen molar-refractivity contribution in [1.82, 2.24) is 19.9 Å². The van der Waals surface area contributed by atoms with Crippen LogP contribution in [0.5, 0.6) is 0 Å². The van der Waals surface area contributed by atoms with Gasteiger partial charge in [-0.05, 0) is 49.2 Å². The van der Waals surface area contributed by atoms with E-state index in [2.05, 4.69) is 14.9 Å². The van der Waals surface area contributed by atoms with Crippen LogP contribution in [0.4, 0.5) is 4.39 Å². The number of rotatable bonds is 4. The summed E-state index contributed by atoms with van der Waals surface area (Å²) in [7, 11) is 0. The number of hydrogen-bond donors (Lipinski definition) is 1. The molecule has 0 unspecified atom stereocenters. The molecule has 0 saturated carbocycles. The predicted molar refractivity (Wildman–Crippen MR) is 101 cm³/mol. The van der Waals surface area contributed by atoms with Crippen LogP contribution in [0, 0.1) is 5.82 Å². The smallest absolute Gasteiger partial charge is 0.251 e. The Kier molecular flexibility index (Phi) is 5.07. The van der Waals surface area contributed by atoms with E-state index >= 15 is 0 Å². The predicted octanol–water partition coefficient (Wildman–Crippen LogP) is 3.70. The lowest BCUT2D eigenvalue weighted by atomic mass is 9.98. The maximum absolute atomic E-state index is 13.6. The van der Waals surface area contributed by atoms with Crippen LogP contribution in [0.15, 0.2) is 59.7 Å². The van der Waals surface area contributed by atoms with Gasteiger partial charge in [-0.2, -0.15) is 0 Å². The topological polar surface area (TPSA) is 61.9 Å². The van der Waals surface area contributed by atoms with Gasteiger partial charge >= 0.3 is 0 Å². The van der Waals surface area contributed by atoms with Crippen molar-refractivity contribution < 1.29 is 4.39 Å². The number of likely N-dealkylation sites (tertiary alicyclic amines) is 1. The van der Waals surface area contributed by atoms with E-state index < -0.39 is 0 Å². The van der Waals surface area contributed by atoms with Crippen LogP contribution >= 0.6 is 0 Å². The quantitative estimate of drug-likeness (QED) is 0.767. The molecule has 1 aliphatic rings. The molecule has 3 aromatic rings. The molecule has 138 valence electrons. The van der Waals surface area contributed by atoms with E-state index in [1.165, 1.54) is 6.07 Å². The van der Waals surface area contributed by atoms with Gasteiger partial charge in [0.25, 0.3) is 5.56 Å². The Morgan fingerprint density at radius 3 is 2.81 bits per heavy atom. The summed E-state index contributed by atoms with van der Waals surface area (Å²) in [5.74, 6) is 0.325. The molecule has 4 rings (SSSR count). The molecule has 1 aromatic carbocycles. The molecule has 6 heteroatoms. The van der Waals surface area contributed by atoms with Crippen LogP contribution in [-0.4, -0.2) is 26.4 Å². The van der Waals surface area contributed by atoms with Crippen LogP contribution in [0.3, 0.4) is 0 Å². The largest absolute Gasteiger partial charge is 0.307 e. The van der Waals surface area contributed by atoms with Crippen molar-refractivity contribution in [2.24, 2.45) is 0 Å². The van der Waals surface area contributed by atoms with Crippen molar-refractivity contribution in [3.63, 3.8) is 0 Å². The highest BCUT2D eigenvalue weighted by atomic mass is 19.1. The van der Waals surface area contributed by atoms with Gasteiger partial charge in [0.1, 0.15) is 11.6 Å². The highest BCUT2D eigenvalue weighted by molar-refractivity contribution is 5.53. The minimum atomic E-state index is -0.227. The number of halogens is 1. The number of H-pyrrole nitrogens is 1. The van der Waals surface area contributed by atoms with E-state index in [-0.39, 0.29) is 17.4 Å². The molecule has 27 heavy (non-hydrogen) atoms. The average molecular weight is 364 g/mol. The second-order valence-corrected chi connectivity index (χ2v) is 6.87. The van der Waals surface area contributed by atoms with Crippen LogP contribution in [0.2, 0.25) is 0 Å². The van der Waals surface area contributed by atoms with Crippen LogP contribution in [-0.2, 0) is 6.54 Å². The molecule has 1 aliphatic heterocycles. The molecule has 0 amide bonds. The van der Waals surface area contributed by atoms with E-state index in [0.29, 0.717) is 12.4 Å². The number of nitrogens with zero attached hydrogens (tertiary/aromatic N) is 3. The number of benzene rings is 1. The second kappa shape index (κ2) is 7.80. The molecule has 3 heterocycles. The molecule has 0 bridgehead atoms. The number of aromatic amines is 1. The summed E-state index contributed by atoms with van der Waals surface area (Å²) in [4.78, 5) is 26.1. The fraction of sp³-hybridized carbons (Fsp3) is 0.286. The zero-order valence-corrected chi connectivity index (χ0v) is 14.9. The Hall–Kier alpha value is -2.86. The fourth-order valence-electron chi connectivity index (χ4n) is 3.68. The molecule has 2 aromatic heterocycles. The standard InChI is InChI=1S/C21H21FN4O/c22-17-5-3-4-15(12-17)14-26-11-2-1-6-19(26)18-13-20(27)25-21(24-18)16-7-9-23-10-8-16/h3-5,7-10,12-13,19H,1-2,6,11,14H2,(H,24,25,27)/t19-/m0/s1. The molecular formula is C21H21FN4O. The molecule has 0 radical (unpaired) electrons. The molecule has 1 atom stereocenters. The van der Waals surface area contributed by atoms with E-state index in [1.54, 1.807) is 30.6 Å². The first kappa shape index (κ1) is 17.5. The highest BCUT2D eigenvalue weighted by Gasteiger charge is 2.26. The van der Waals surface area contributed by atoms with Gasteiger partial charge in [-0.3, -0.25) is 14.7 Å². The maximum Gasteiger partial charge on any atom is 0.251 e. The average Bonchev–Trinajstić information content (AvgIpc) is 2.69. The SMILES string of the molecule is O=c1cc([C@@H]2CCCCN2Cc2cccc(F)c2)nc(-c2ccncc2)[nH]1. The number of pyridine rings is 1. The van der Waals surface area contributed by atoms with Gasteiger partial charge in [-0.25, -0.2) is 9.37 Å². The van der Waals surface area contributed by atoms with Gasteiger partial charge < -0.3 is 4.98 Å².